The Morgan fingerprint density at radius 2 is 1.89 bits per heavy atom. The molecule has 1 saturated carbocycles. The van der Waals surface area contributed by atoms with Gasteiger partial charge >= 0.3 is 6.01 Å². The number of piperazine rings is 1. The van der Waals surface area contributed by atoms with Crippen molar-refractivity contribution in [2.24, 2.45) is 0 Å². The fraction of sp³-hybridized carbons (Fsp3) is 0.423. The summed E-state index contributed by atoms with van der Waals surface area (Å²) in [6, 6.07) is 4.83. The zero-order valence-corrected chi connectivity index (χ0v) is 20.4. The predicted molar refractivity (Wildman–Crippen MR) is 132 cm³/mol. The van der Waals surface area contributed by atoms with Crippen molar-refractivity contribution in [1.82, 2.24) is 20.0 Å². The number of fused-ring (bicyclic) bond motifs is 1. The van der Waals surface area contributed by atoms with Crippen molar-refractivity contribution in [2.45, 2.75) is 38.5 Å². The van der Waals surface area contributed by atoms with Gasteiger partial charge in [0.25, 0.3) is 0 Å². The predicted octanol–water partition coefficient (Wildman–Crippen LogP) is 5.26. The van der Waals surface area contributed by atoms with Crippen LogP contribution in [0.2, 0.25) is 0 Å². The molecule has 6 rings (SSSR count). The summed E-state index contributed by atoms with van der Waals surface area (Å²) in [5, 5.41) is 7.30. The summed E-state index contributed by atoms with van der Waals surface area (Å²) in [5.41, 5.74) is 2.84. The van der Waals surface area contributed by atoms with Gasteiger partial charge in [-0.1, -0.05) is 23.2 Å². The van der Waals surface area contributed by atoms with Crippen LogP contribution in [-0.4, -0.2) is 53.3 Å². The van der Waals surface area contributed by atoms with E-state index in [2.05, 4.69) is 37.3 Å². The standard InChI is InChI=1S/C26H28F2N6O2/c1-15-10-17-12-19(27)25(24(28)18(17)11-15)35-26-30-21(14-22(31-26)34-8-6-33(2)7-9-34)29-23-13-20(32-36-23)16-4-3-5-16/h11-14,16H,3-10H2,1-2H3,(H,29,30,31). The zero-order valence-electron chi connectivity index (χ0n) is 20.4. The summed E-state index contributed by atoms with van der Waals surface area (Å²) >= 11 is 0. The van der Waals surface area contributed by atoms with Crippen molar-refractivity contribution in [3.63, 3.8) is 0 Å². The molecule has 0 unspecified atom stereocenters. The van der Waals surface area contributed by atoms with E-state index < -0.39 is 17.4 Å². The number of anilines is 3. The highest BCUT2D eigenvalue weighted by Crippen LogP contribution is 2.38. The minimum absolute atomic E-state index is 0.149. The fourth-order valence-electron chi connectivity index (χ4n) is 4.84. The normalized spacial score (nSPS) is 18.1. The Hall–Kier alpha value is -3.53. The van der Waals surface area contributed by atoms with E-state index in [9.17, 15) is 4.39 Å². The van der Waals surface area contributed by atoms with Crippen LogP contribution >= 0.6 is 0 Å². The molecule has 8 nitrogen and oxygen atoms in total. The first-order valence-corrected chi connectivity index (χ1v) is 12.3. The van der Waals surface area contributed by atoms with E-state index in [1.54, 1.807) is 12.1 Å². The maximum Gasteiger partial charge on any atom is 0.326 e. The van der Waals surface area contributed by atoms with Crippen molar-refractivity contribution in [2.75, 3.05) is 43.4 Å². The van der Waals surface area contributed by atoms with E-state index in [0.29, 0.717) is 41.0 Å². The number of nitrogens with one attached hydrogen (secondary N) is 1. The number of allylic oxidation sites excluding steroid dienone is 1. The summed E-state index contributed by atoms with van der Waals surface area (Å²) in [7, 11) is 2.07. The Bertz CT molecular complexity index is 1330. The molecule has 2 aliphatic carbocycles. The molecule has 0 bridgehead atoms. The number of hydrogen-bond donors (Lipinski definition) is 1. The van der Waals surface area contributed by atoms with Crippen LogP contribution in [0.5, 0.6) is 11.8 Å². The van der Waals surface area contributed by atoms with Gasteiger partial charge in [0.05, 0.1) is 5.69 Å². The molecule has 0 spiro atoms. The van der Waals surface area contributed by atoms with Gasteiger partial charge in [-0.05, 0) is 44.9 Å². The smallest absolute Gasteiger partial charge is 0.326 e. The minimum Gasteiger partial charge on any atom is -0.418 e. The number of aromatic nitrogens is 3. The molecule has 2 fully saturated rings. The Morgan fingerprint density at radius 3 is 2.64 bits per heavy atom. The van der Waals surface area contributed by atoms with Gasteiger partial charge in [0.2, 0.25) is 11.6 Å². The number of likely N-dealkylation sites (N-methyl/N-ethyl adjacent to an activating group) is 1. The number of benzene rings is 1. The molecule has 2 aromatic heterocycles. The van der Waals surface area contributed by atoms with E-state index in [4.69, 9.17) is 9.26 Å². The lowest BCUT2D eigenvalue weighted by molar-refractivity contribution is 0.311. The lowest BCUT2D eigenvalue weighted by Crippen LogP contribution is -2.44. The molecule has 0 atom stereocenters. The highest BCUT2D eigenvalue weighted by molar-refractivity contribution is 5.66. The number of nitrogens with zero attached hydrogens (tertiary/aromatic N) is 5. The van der Waals surface area contributed by atoms with Gasteiger partial charge in [0.1, 0.15) is 11.6 Å². The highest BCUT2D eigenvalue weighted by atomic mass is 19.1. The molecule has 36 heavy (non-hydrogen) atoms. The number of ether oxygens (including phenoxy) is 1. The first-order chi connectivity index (χ1) is 17.4. The molecule has 1 saturated heterocycles. The SMILES string of the molecule is CC1=Cc2c(cc(F)c(Oc3nc(Nc4cc(C5CCC5)no4)cc(N4CCN(C)CC4)n3)c2F)C1. The summed E-state index contributed by atoms with van der Waals surface area (Å²) in [4.78, 5) is 13.2. The summed E-state index contributed by atoms with van der Waals surface area (Å²) in [6.07, 6.45) is 5.66. The van der Waals surface area contributed by atoms with Crippen molar-refractivity contribution in [3.8, 4) is 11.8 Å². The average molecular weight is 495 g/mol. The Morgan fingerprint density at radius 1 is 1.08 bits per heavy atom. The first kappa shape index (κ1) is 22.9. The monoisotopic (exact) mass is 494 g/mol. The van der Waals surface area contributed by atoms with E-state index in [1.165, 1.54) is 12.5 Å². The fourth-order valence-corrected chi connectivity index (χ4v) is 4.84. The Labute approximate surface area is 208 Å². The van der Waals surface area contributed by atoms with Gasteiger partial charge in [0.15, 0.2) is 11.6 Å². The molecule has 1 aliphatic heterocycles. The van der Waals surface area contributed by atoms with Crippen molar-refractivity contribution in [3.05, 3.63) is 52.2 Å². The molecular formula is C26H28F2N6O2. The quantitative estimate of drug-likeness (QED) is 0.497. The van der Waals surface area contributed by atoms with Crippen molar-refractivity contribution < 1.29 is 18.0 Å². The number of halogens is 2. The molecule has 1 aromatic carbocycles. The maximum atomic E-state index is 15.2. The lowest BCUT2D eigenvalue weighted by Gasteiger charge is -2.33. The summed E-state index contributed by atoms with van der Waals surface area (Å²) in [5.74, 6) is -0.161. The second-order valence-electron chi connectivity index (χ2n) is 9.90. The molecule has 0 radical (unpaired) electrons. The van der Waals surface area contributed by atoms with Crippen LogP contribution in [-0.2, 0) is 6.42 Å². The highest BCUT2D eigenvalue weighted by Gasteiger charge is 2.26. The van der Waals surface area contributed by atoms with Crippen LogP contribution in [0, 0.1) is 11.6 Å². The third kappa shape index (κ3) is 4.41. The minimum atomic E-state index is -0.780. The van der Waals surface area contributed by atoms with Crippen LogP contribution < -0.4 is 15.0 Å². The number of rotatable bonds is 6. The summed E-state index contributed by atoms with van der Waals surface area (Å²) in [6.45, 7) is 5.14. The first-order valence-electron chi connectivity index (χ1n) is 12.3. The molecule has 0 amide bonds. The van der Waals surface area contributed by atoms with Gasteiger partial charge < -0.3 is 24.4 Å². The Kier molecular flexibility index (Phi) is 5.83. The third-order valence-electron chi connectivity index (χ3n) is 7.18. The van der Waals surface area contributed by atoms with Crippen LogP contribution in [0.4, 0.5) is 26.3 Å². The van der Waals surface area contributed by atoms with Gasteiger partial charge in [-0.2, -0.15) is 9.97 Å². The van der Waals surface area contributed by atoms with Crippen LogP contribution in [0.25, 0.3) is 6.08 Å². The second-order valence-corrected chi connectivity index (χ2v) is 9.90. The van der Waals surface area contributed by atoms with Crippen molar-refractivity contribution >= 4 is 23.6 Å². The third-order valence-corrected chi connectivity index (χ3v) is 7.18. The zero-order chi connectivity index (χ0) is 24.8. The molecule has 3 aromatic rings. The van der Waals surface area contributed by atoms with Crippen molar-refractivity contribution in [1.29, 1.82) is 0 Å². The average Bonchev–Trinajstić information content (AvgIpc) is 3.41. The van der Waals surface area contributed by atoms with Crippen LogP contribution in [0.1, 0.15) is 48.9 Å². The molecule has 188 valence electrons. The maximum absolute atomic E-state index is 15.2. The number of hydrogen-bond acceptors (Lipinski definition) is 8. The van der Waals surface area contributed by atoms with Crippen LogP contribution in [0.3, 0.4) is 0 Å². The molecule has 1 N–H and O–H groups in total. The van der Waals surface area contributed by atoms with E-state index in [1.807, 2.05) is 13.0 Å². The molecule has 3 heterocycles. The van der Waals surface area contributed by atoms with E-state index in [0.717, 1.165) is 50.3 Å². The Balaban J connectivity index is 1.32. The second kappa shape index (κ2) is 9.16. The summed E-state index contributed by atoms with van der Waals surface area (Å²) < 4.78 is 41.3. The van der Waals surface area contributed by atoms with Crippen LogP contribution in [0.15, 0.2) is 28.3 Å². The van der Waals surface area contributed by atoms with E-state index in [-0.39, 0.29) is 6.01 Å². The molecule has 10 heteroatoms. The molecular weight excluding hydrogens is 466 g/mol. The van der Waals surface area contributed by atoms with Gasteiger partial charge in [-0.15, -0.1) is 0 Å². The lowest BCUT2D eigenvalue weighted by atomic mass is 9.83. The van der Waals surface area contributed by atoms with E-state index >= 15 is 4.39 Å². The van der Waals surface area contributed by atoms with Gasteiger partial charge in [0, 0.05) is 49.8 Å². The largest absolute Gasteiger partial charge is 0.418 e. The van der Waals surface area contributed by atoms with Gasteiger partial charge in [-0.3, -0.25) is 0 Å². The van der Waals surface area contributed by atoms with Gasteiger partial charge in [-0.25, -0.2) is 8.78 Å². The molecule has 3 aliphatic rings. The topological polar surface area (TPSA) is 79.5 Å².